The molecule has 1 unspecified atom stereocenters. The second-order valence-corrected chi connectivity index (χ2v) is 12.8. The average molecular weight is 669 g/mol. The van der Waals surface area contributed by atoms with Crippen molar-refractivity contribution in [2.24, 2.45) is 0 Å². The fraction of sp³-hybridized carbons (Fsp3) is 0.310. The van der Waals surface area contributed by atoms with Crippen LogP contribution in [0, 0.1) is 0 Å². The maximum absolute atomic E-state index is 14.1. The van der Waals surface area contributed by atoms with Crippen LogP contribution in [0.15, 0.2) is 82.2 Å². The van der Waals surface area contributed by atoms with Crippen molar-refractivity contribution in [1.82, 2.24) is 10.2 Å². The summed E-state index contributed by atoms with van der Waals surface area (Å²) in [6.07, 6.45) is 2.02. The number of hydrogen-bond acceptors (Lipinski definition) is 4. The molecule has 7 nitrogen and oxygen atoms in total. The molecule has 0 radical (unpaired) electrons. The van der Waals surface area contributed by atoms with Crippen molar-refractivity contribution < 1.29 is 18.0 Å². The second kappa shape index (κ2) is 14.9. The number of anilines is 1. The van der Waals surface area contributed by atoms with E-state index in [-0.39, 0.29) is 17.3 Å². The van der Waals surface area contributed by atoms with Crippen LogP contribution < -0.4 is 9.62 Å². The molecule has 0 saturated carbocycles. The lowest BCUT2D eigenvalue weighted by Crippen LogP contribution is -2.52. The number of nitrogens with one attached hydrogen (secondary N) is 1. The van der Waals surface area contributed by atoms with E-state index in [0.717, 1.165) is 17.1 Å². The third kappa shape index (κ3) is 8.22. The highest BCUT2D eigenvalue weighted by Crippen LogP contribution is 2.28. The van der Waals surface area contributed by atoms with Crippen LogP contribution in [0.2, 0.25) is 10.0 Å². The number of sulfonamides is 1. The highest BCUT2D eigenvalue weighted by atomic mass is 79.9. The van der Waals surface area contributed by atoms with Crippen LogP contribution in [0.4, 0.5) is 5.69 Å². The first-order valence-electron chi connectivity index (χ1n) is 12.9. The molecular formula is C29H32BrCl2N3O4S. The van der Waals surface area contributed by atoms with E-state index in [2.05, 4.69) is 21.2 Å². The molecule has 1 N–H and O–H groups in total. The first-order valence-corrected chi connectivity index (χ1v) is 15.9. The number of carbonyl (C=O) groups excluding carboxylic acids is 2. The second-order valence-electron chi connectivity index (χ2n) is 9.13. The minimum Gasteiger partial charge on any atom is -0.354 e. The SMILES string of the molecule is CCCCNC(=O)C(CC)N(Cc1ccc(Cl)cc1Cl)C(=O)CN(c1cccc(Br)c1)S(=O)(=O)c1ccccc1. The zero-order valence-electron chi connectivity index (χ0n) is 22.3. The molecule has 0 saturated heterocycles. The lowest BCUT2D eigenvalue weighted by atomic mass is 10.1. The van der Waals surface area contributed by atoms with Gasteiger partial charge in [-0.05, 0) is 60.9 Å². The lowest BCUT2D eigenvalue weighted by Gasteiger charge is -2.33. The Morgan fingerprint density at radius 3 is 2.33 bits per heavy atom. The standard InChI is InChI=1S/C29H32BrCl2N3O4S/c1-3-5-16-33-29(37)27(4-2)34(19-21-14-15-23(31)18-26(21)32)28(36)20-35(24-11-9-10-22(30)17-24)40(38,39)25-12-7-6-8-13-25/h6-15,17-18,27H,3-5,16,19-20H2,1-2H3,(H,33,37). The third-order valence-electron chi connectivity index (χ3n) is 6.28. The first-order chi connectivity index (χ1) is 19.1. The molecule has 0 aromatic heterocycles. The zero-order chi connectivity index (χ0) is 29.3. The Hall–Kier alpha value is -2.59. The molecule has 0 aliphatic carbocycles. The van der Waals surface area contributed by atoms with E-state index >= 15 is 0 Å². The number of carbonyl (C=O) groups is 2. The van der Waals surface area contributed by atoms with Gasteiger partial charge in [-0.2, -0.15) is 0 Å². The topological polar surface area (TPSA) is 86.8 Å². The van der Waals surface area contributed by atoms with Gasteiger partial charge < -0.3 is 10.2 Å². The van der Waals surface area contributed by atoms with Crippen molar-refractivity contribution in [3.05, 3.63) is 92.9 Å². The maximum Gasteiger partial charge on any atom is 0.264 e. The fourth-order valence-electron chi connectivity index (χ4n) is 4.14. The molecule has 40 heavy (non-hydrogen) atoms. The zero-order valence-corrected chi connectivity index (χ0v) is 26.2. The molecule has 1 atom stereocenters. The minimum atomic E-state index is -4.14. The number of hydrogen-bond donors (Lipinski definition) is 1. The molecule has 11 heteroatoms. The van der Waals surface area contributed by atoms with Crippen LogP contribution in [0.5, 0.6) is 0 Å². The van der Waals surface area contributed by atoms with E-state index in [9.17, 15) is 18.0 Å². The Morgan fingerprint density at radius 1 is 0.975 bits per heavy atom. The van der Waals surface area contributed by atoms with Gasteiger partial charge in [0.25, 0.3) is 10.0 Å². The van der Waals surface area contributed by atoms with E-state index in [1.807, 2.05) is 6.92 Å². The van der Waals surface area contributed by atoms with Crippen LogP contribution >= 0.6 is 39.1 Å². The highest BCUT2D eigenvalue weighted by molar-refractivity contribution is 9.10. The van der Waals surface area contributed by atoms with Gasteiger partial charge in [0, 0.05) is 27.6 Å². The summed E-state index contributed by atoms with van der Waals surface area (Å²) < 4.78 is 29.4. The molecule has 3 rings (SSSR count). The minimum absolute atomic E-state index is 0.00769. The Morgan fingerprint density at radius 2 is 1.70 bits per heavy atom. The summed E-state index contributed by atoms with van der Waals surface area (Å²) in [5, 5.41) is 3.68. The number of halogens is 3. The first kappa shape index (κ1) is 31.9. The summed E-state index contributed by atoms with van der Waals surface area (Å²) in [6.45, 7) is 3.76. The number of unbranched alkanes of at least 4 members (excludes halogenated alkanes) is 1. The van der Waals surface area contributed by atoms with Gasteiger partial charge in [0.15, 0.2) is 0 Å². The summed E-state index contributed by atoms with van der Waals surface area (Å²) >= 11 is 15.9. The molecule has 0 bridgehead atoms. The summed E-state index contributed by atoms with van der Waals surface area (Å²) in [5.41, 5.74) is 0.885. The molecule has 0 fully saturated rings. The maximum atomic E-state index is 14.1. The smallest absolute Gasteiger partial charge is 0.264 e. The van der Waals surface area contributed by atoms with Crippen molar-refractivity contribution >= 4 is 66.7 Å². The van der Waals surface area contributed by atoms with Crippen molar-refractivity contribution in [2.45, 2.75) is 50.6 Å². The number of nitrogens with zero attached hydrogens (tertiary/aromatic N) is 2. The molecule has 3 aromatic carbocycles. The van der Waals surface area contributed by atoms with Crippen LogP contribution in [0.3, 0.4) is 0 Å². The predicted molar refractivity (Wildman–Crippen MR) is 164 cm³/mol. The van der Waals surface area contributed by atoms with Gasteiger partial charge in [-0.1, -0.05) is 89.7 Å². The summed E-state index contributed by atoms with van der Waals surface area (Å²) in [5.74, 6) is -0.864. The van der Waals surface area contributed by atoms with E-state index in [4.69, 9.17) is 23.2 Å². The molecule has 2 amide bonds. The quantitative estimate of drug-likeness (QED) is 0.206. The molecule has 0 aliphatic heterocycles. The van der Waals surface area contributed by atoms with Crippen LogP contribution in [0.25, 0.3) is 0 Å². The third-order valence-corrected chi connectivity index (χ3v) is 9.15. The lowest BCUT2D eigenvalue weighted by molar-refractivity contribution is -0.140. The summed E-state index contributed by atoms with van der Waals surface area (Å²) in [4.78, 5) is 28.7. The van der Waals surface area contributed by atoms with Gasteiger partial charge in [0.05, 0.1) is 10.6 Å². The van der Waals surface area contributed by atoms with Gasteiger partial charge in [-0.15, -0.1) is 0 Å². The average Bonchev–Trinajstić information content (AvgIpc) is 2.93. The van der Waals surface area contributed by atoms with Gasteiger partial charge in [0.2, 0.25) is 11.8 Å². The fourth-order valence-corrected chi connectivity index (χ4v) is 6.42. The Balaban J connectivity index is 2.05. The van der Waals surface area contributed by atoms with E-state index < -0.39 is 28.5 Å². The van der Waals surface area contributed by atoms with Crippen molar-refractivity contribution in [3.63, 3.8) is 0 Å². The normalized spacial score (nSPS) is 12.0. The van der Waals surface area contributed by atoms with Crippen LogP contribution in [-0.2, 0) is 26.2 Å². The van der Waals surface area contributed by atoms with Crippen molar-refractivity contribution in [2.75, 3.05) is 17.4 Å². The highest BCUT2D eigenvalue weighted by Gasteiger charge is 2.34. The van der Waals surface area contributed by atoms with E-state index in [1.165, 1.54) is 17.0 Å². The van der Waals surface area contributed by atoms with Gasteiger partial charge >= 0.3 is 0 Å². The van der Waals surface area contributed by atoms with Gasteiger partial charge in [-0.25, -0.2) is 8.42 Å². The largest absolute Gasteiger partial charge is 0.354 e. The Kier molecular flexibility index (Phi) is 11.9. The van der Waals surface area contributed by atoms with Crippen molar-refractivity contribution in [1.29, 1.82) is 0 Å². The monoisotopic (exact) mass is 667 g/mol. The molecule has 0 heterocycles. The molecule has 214 valence electrons. The van der Waals surface area contributed by atoms with E-state index in [1.54, 1.807) is 67.6 Å². The van der Waals surface area contributed by atoms with E-state index in [0.29, 0.717) is 38.7 Å². The van der Waals surface area contributed by atoms with Gasteiger partial charge in [0.1, 0.15) is 12.6 Å². The Bertz CT molecular complexity index is 1420. The van der Waals surface area contributed by atoms with Crippen molar-refractivity contribution in [3.8, 4) is 0 Å². The number of amides is 2. The van der Waals surface area contributed by atoms with Gasteiger partial charge in [-0.3, -0.25) is 13.9 Å². The summed E-state index contributed by atoms with van der Waals surface area (Å²) in [6, 6.07) is 18.7. The number of benzene rings is 3. The molecule has 3 aromatic rings. The van der Waals surface area contributed by atoms with Crippen LogP contribution in [-0.4, -0.2) is 44.3 Å². The molecule has 0 spiro atoms. The predicted octanol–water partition coefficient (Wildman–Crippen LogP) is 6.67. The Labute approximate surface area is 254 Å². The number of rotatable bonds is 13. The van der Waals surface area contributed by atoms with Crippen LogP contribution in [0.1, 0.15) is 38.7 Å². The molecular weight excluding hydrogens is 637 g/mol. The summed E-state index contributed by atoms with van der Waals surface area (Å²) in [7, 11) is -4.14. The molecule has 0 aliphatic rings.